The summed E-state index contributed by atoms with van der Waals surface area (Å²) >= 11 is 6.05. The Morgan fingerprint density at radius 2 is 1.88 bits per heavy atom. The van der Waals surface area contributed by atoms with Crippen molar-refractivity contribution in [2.24, 2.45) is 0 Å². The Morgan fingerprint density at radius 3 is 2.50 bits per heavy atom. The molecule has 0 radical (unpaired) electrons. The van der Waals surface area contributed by atoms with E-state index < -0.39 is 18.0 Å². The molecule has 2 rings (SSSR count). The molecule has 0 aliphatic heterocycles. The summed E-state index contributed by atoms with van der Waals surface area (Å²) in [4.78, 5) is 28.8. The normalized spacial score (nSPS) is 11.6. The van der Waals surface area contributed by atoms with Gasteiger partial charge in [0.25, 0.3) is 5.91 Å². The molecule has 1 aromatic carbocycles. The van der Waals surface area contributed by atoms with E-state index in [1.54, 1.807) is 32.0 Å². The van der Waals surface area contributed by atoms with Gasteiger partial charge in [-0.05, 0) is 57.0 Å². The van der Waals surface area contributed by atoms with Gasteiger partial charge >= 0.3 is 5.97 Å². The topological polar surface area (TPSA) is 77.5 Å². The van der Waals surface area contributed by atoms with Crippen LogP contribution in [0.4, 0.5) is 5.69 Å². The number of hydrogen-bond acceptors (Lipinski definition) is 5. The zero-order valence-corrected chi connectivity index (χ0v) is 16.1. The molecule has 1 heterocycles. The number of aryl methyl sites for hydroxylation is 3. The number of esters is 1. The van der Waals surface area contributed by atoms with E-state index in [-0.39, 0.29) is 10.7 Å². The average Bonchev–Trinajstić information content (AvgIpc) is 2.53. The van der Waals surface area contributed by atoms with Crippen molar-refractivity contribution in [3.8, 4) is 5.75 Å². The molecule has 0 spiro atoms. The summed E-state index contributed by atoms with van der Waals surface area (Å²) in [5.41, 5.74) is 2.96. The van der Waals surface area contributed by atoms with Gasteiger partial charge in [-0.3, -0.25) is 4.79 Å². The highest BCUT2D eigenvalue weighted by atomic mass is 35.5. The number of methoxy groups -OCH3 is 1. The fraction of sp³-hybridized carbons (Fsp3) is 0.316. The standard InChI is InChI=1S/C19H21ClN2O4/c1-10-6-7-15(25-5)14(8-10)22-18(23)13(4)26-19(24)16-11(2)9-12(3)21-17(16)20/h6-9,13H,1-5H3,(H,22,23)/t13-/m0/s1. The lowest BCUT2D eigenvalue weighted by molar-refractivity contribution is -0.123. The third-order valence-electron chi connectivity index (χ3n) is 3.77. The largest absolute Gasteiger partial charge is 0.495 e. The Bertz CT molecular complexity index is 828. The molecule has 1 amide bonds. The summed E-state index contributed by atoms with van der Waals surface area (Å²) in [6.07, 6.45) is -1.02. The van der Waals surface area contributed by atoms with Gasteiger partial charge < -0.3 is 14.8 Å². The summed E-state index contributed by atoms with van der Waals surface area (Å²) in [6.45, 7) is 6.90. The van der Waals surface area contributed by atoms with Gasteiger partial charge in [0.15, 0.2) is 6.10 Å². The van der Waals surface area contributed by atoms with Crippen molar-refractivity contribution in [3.05, 3.63) is 51.8 Å². The number of amides is 1. The van der Waals surface area contributed by atoms with Crippen LogP contribution in [0.25, 0.3) is 0 Å². The molecular formula is C19H21ClN2O4. The molecule has 0 bridgehead atoms. The van der Waals surface area contributed by atoms with Crippen LogP contribution in [0.2, 0.25) is 5.15 Å². The zero-order chi connectivity index (χ0) is 19.4. The summed E-state index contributed by atoms with van der Waals surface area (Å²) in [7, 11) is 1.51. The van der Waals surface area contributed by atoms with Crippen LogP contribution >= 0.6 is 11.6 Å². The van der Waals surface area contributed by atoms with Crippen molar-refractivity contribution in [1.29, 1.82) is 0 Å². The molecular weight excluding hydrogens is 356 g/mol. The van der Waals surface area contributed by atoms with Gasteiger partial charge in [-0.25, -0.2) is 9.78 Å². The number of anilines is 1. The highest BCUT2D eigenvalue weighted by molar-refractivity contribution is 6.32. The number of hydrogen-bond donors (Lipinski definition) is 1. The summed E-state index contributed by atoms with van der Waals surface area (Å²) in [6, 6.07) is 7.12. The SMILES string of the molecule is COc1ccc(C)cc1NC(=O)[C@H](C)OC(=O)c1c(C)cc(C)nc1Cl. The first-order valence-electron chi connectivity index (χ1n) is 8.03. The van der Waals surface area contributed by atoms with Crippen molar-refractivity contribution in [1.82, 2.24) is 4.98 Å². The second kappa shape index (κ2) is 8.19. The molecule has 2 aromatic rings. The van der Waals surface area contributed by atoms with Crippen LogP contribution in [0.15, 0.2) is 24.3 Å². The third kappa shape index (κ3) is 4.52. The number of benzene rings is 1. The fourth-order valence-corrected chi connectivity index (χ4v) is 2.82. The van der Waals surface area contributed by atoms with Gasteiger partial charge in [-0.1, -0.05) is 17.7 Å². The van der Waals surface area contributed by atoms with E-state index in [1.165, 1.54) is 14.0 Å². The maximum atomic E-state index is 12.4. The number of carbonyl (C=O) groups is 2. The number of ether oxygens (including phenoxy) is 2. The number of aromatic nitrogens is 1. The lowest BCUT2D eigenvalue weighted by Crippen LogP contribution is -2.30. The van der Waals surface area contributed by atoms with Gasteiger partial charge in [-0.15, -0.1) is 0 Å². The lowest BCUT2D eigenvalue weighted by atomic mass is 10.1. The molecule has 26 heavy (non-hydrogen) atoms. The Kier molecular flexibility index (Phi) is 6.21. The quantitative estimate of drug-likeness (QED) is 0.633. The maximum Gasteiger partial charge on any atom is 0.342 e. The van der Waals surface area contributed by atoms with Gasteiger partial charge in [0.2, 0.25) is 0 Å². The van der Waals surface area contributed by atoms with Crippen LogP contribution in [-0.4, -0.2) is 30.1 Å². The number of rotatable bonds is 5. The Labute approximate surface area is 157 Å². The second-order valence-electron chi connectivity index (χ2n) is 5.99. The Balaban J connectivity index is 2.13. The van der Waals surface area contributed by atoms with Gasteiger partial charge in [0, 0.05) is 5.69 Å². The van der Waals surface area contributed by atoms with Gasteiger partial charge in [0.1, 0.15) is 10.9 Å². The van der Waals surface area contributed by atoms with Crippen molar-refractivity contribution < 1.29 is 19.1 Å². The van der Waals surface area contributed by atoms with E-state index in [0.29, 0.717) is 22.7 Å². The molecule has 0 unspecified atom stereocenters. The number of nitrogens with zero attached hydrogens (tertiary/aromatic N) is 1. The number of halogens is 1. The zero-order valence-electron chi connectivity index (χ0n) is 15.3. The van der Waals surface area contributed by atoms with E-state index in [2.05, 4.69) is 10.3 Å². The fourth-order valence-electron chi connectivity index (χ4n) is 2.46. The molecule has 138 valence electrons. The minimum absolute atomic E-state index is 0.0560. The molecule has 7 heteroatoms. The molecule has 1 aromatic heterocycles. The smallest absolute Gasteiger partial charge is 0.342 e. The van der Waals surface area contributed by atoms with E-state index in [9.17, 15) is 9.59 Å². The summed E-state index contributed by atoms with van der Waals surface area (Å²) < 4.78 is 10.5. The molecule has 0 saturated carbocycles. The van der Waals surface area contributed by atoms with Gasteiger partial charge in [0.05, 0.1) is 18.4 Å². The van der Waals surface area contributed by atoms with Crippen molar-refractivity contribution >= 4 is 29.2 Å². The molecule has 0 saturated heterocycles. The molecule has 1 atom stereocenters. The first-order valence-corrected chi connectivity index (χ1v) is 8.41. The molecule has 0 aliphatic rings. The molecule has 0 aliphatic carbocycles. The molecule has 0 fully saturated rings. The van der Waals surface area contributed by atoms with Crippen LogP contribution < -0.4 is 10.1 Å². The van der Waals surface area contributed by atoms with Crippen LogP contribution in [0, 0.1) is 20.8 Å². The highest BCUT2D eigenvalue weighted by Gasteiger charge is 2.23. The predicted molar refractivity (Wildman–Crippen MR) is 100.0 cm³/mol. The minimum Gasteiger partial charge on any atom is -0.495 e. The summed E-state index contributed by atoms with van der Waals surface area (Å²) in [5, 5.41) is 2.76. The van der Waals surface area contributed by atoms with Crippen LogP contribution in [0.5, 0.6) is 5.75 Å². The maximum absolute atomic E-state index is 12.4. The van der Waals surface area contributed by atoms with E-state index in [4.69, 9.17) is 21.1 Å². The predicted octanol–water partition coefficient (Wildman–Crippen LogP) is 3.85. The van der Waals surface area contributed by atoms with Crippen molar-refractivity contribution in [2.45, 2.75) is 33.8 Å². The molecule has 1 N–H and O–H groups in total. The Hall–Kier alpha value is -2.60. The van der Waals surface area contributed by atoms with Gasteiger partial charge in [-0.2, -0.15) is 0 Å². The number of carbonyl (C=O) groups excluding carboxylic acids is 2. The monoisotopic (exact) mass is 376 g/mol. The number of pyridine rings is 1. The second-order valence-corrected chi connectivity index (χ2v) is 6.34. The minimum atomic E-state index is -1.02. The van der Waals surface area contributed by atoms with Crippen LogP contribution in [0.3, 0.4) is 0 Å². The third-order valence-corrected chi connectivity index (χ3v) is 4.04. The first kappa shape index (κ1) is 19.7. The van der Waals surface area contributed by atoms with Crippen molar-refractivity contribution in [2.75, 3.05) is 12.4 Å². The average molecular weight is 377 g/mol. The van der Waals surface area contributed by atoms with E-state index in [1.807, 2.05) is 13.0 Å². The summed E-state index contributed by atoms with van der Waals surface area (Å²) in [5.74, 6) is -0.654. The Morgan fingerprint density at radius 1 is 1.19 bits per heavy atom. The lowest BCUT2D eigenvalue weighted by Gasteiger charge is -2.16. The van der Waals surface area contributed by atoms with E-state index in [0.717, 1.165) is 5.56 Å². The first-order chi connectivity index (χ1) is 12.2. The number of nitrogens with one attached hydrogen (secondary N) is 1. The molecule has 6 nitrogen and oxygen atoms in total. The van der Waals surface area contributed by atoms with Crippen LogP contribution in [0.1, 0.15) is 34.1 Å². The van der Waals surface area contributed by atoms with E-state index >= 15 is 0 Å². The van der Waals surface area contributed by atoms with Crippen molar-refractivity contribution in [3.63, 3.8) is 0 Å². The van der Waals surface area contributed by atoms with Crippen LogP contribution in [-0.2, 0) is 9.53 Å². The highest BCUT2D eigenvalue weighted by Crippen LogP contribution is 2.26.